The van der Waals surface area contributed by atoms with Gasteiger partial charge in [0.1, 0.15) is 11.5 Å². The second-order valence-corrected chi connectivity index (χ2v) is 7.46. The maximum Gasteiger partial charge on any atom is 0.271 e. The molecule has 1 fully saturated rings. The fourth-order valence-corrected chi connectivity index (χ4v) is 3.73. The monoisotopic (exact) mass is 402 g/mol. The minimum absolute atomic E-state index is 0.0297. The van der Waals surface area contributed by atoms with E-state index in [1.807, 2.05) is 6.07 Å². The lowest BCUT2D eigenvalue weighted by Gasteiger charge is -2.35. The van der Waals surface area contributed by atoms with E-state index in [4.69, 9.17) is 4.74 Å². The number of carbonyl (C=O) groups is 2. The summed E-state index contributed by atoms with van der Waals surface area (Å²) >= 11 is 0. The highest BCUT2D eigenvalue weighted by Crippen LogP contribution is 2.27. The zero-order chi connectivity index (χ0) is 20.8. The number of hydrogen-bond acceptors (Lipinski definition) is 4. The first-order chi connectivity index (χ1) is 14.0. The van der Waals surface area contributed by atoms with Crippen molar-refractivity contribution in [3.05, 3.63) is 53.9 Å². The number of methoxy groups -OCH3 is 1. The van der Waals surface area contributed by atoms with Crippen LogP contribution in [-0.2, 0) is 23.0 Å². The lowest BCUT2D eigenvalue weighted by molar-refractivity contribution is -0.127. The van der Waals surface area contributed by atoms with Crippen molar-refractivity contribution >= 4 is 11.8 Å². The van der Waals surface area contributed by atoms with E-state index >= 15 is 0 Å². The minimum atomic E-state index is -0.275. The van der Waals surface area contributed by atoms with Gasteiger partial charge in [0.15, 0.2) is 0 Å². The van der Waals surface area contributed by atoms with Crippen molar-refractivity contribution < 1.29 is 18.7 Å². The molecule has 2 N–H and O–H groups in total. The lowest BCUT2D eigenvalue weighted by atomic mass is 9.83. The van der Waals surface area contributed by atoms with E-state index in [1.165, 1.54) is 12.1 Å². The smallest absolute Gasteiger partial charge is 0.271 e. The van der Waals surface area contributed by atoms with Crippen LogP contribution in [0.25, 0.3) is 0 Å². The van der Waals surface area contributed by atoms with E-state index in [1.54, 1.807) is 37.3 Å². The highest BCUT2D eigenvalue weighted by Gasteiger charge is 2.35. The van der Waals surface area contributed by atoms with Crippen LogP contribution in [0.3, 0.4) is 0 Å². The predicted octanol–water partition coefficient (Wildman–Crippen LogP) is 1.83. The van der Waals surface area contributed by atoms with Crippen LogP contribution in [0.2, 0.25) is 0 Å². The Labute approximate surface area is 169 Å². The average molecular weight is 402 g/mol. The van der Waals surface area contributed by atoms with Crippen LogP contribution in [0.15, 0.2) is 36.8 Å². The van der Waals surface area contributed by atoms with Crippen molar-refractivity contribution in [1.29, 1.82) is 0 Å². The van der Waals surface area contributed by atoms with Gasteiger partial charge in [-0.2, -0.15) is 0 Å². The van der Waals surface area contributed by atoms with E-state index in [0.717, 1.165) is 5.56 Å². The molecule has 7 nitrogen and oxygen atoms in total. The maximum atomic E-state index is 13.2. The summed E-state index contributed by atoms with van der Waals surface area (Å²) in [5.41, 5.74) is 1.21. The van der Waals surface area contributed by atoms with E-state index in [0.29, 0.717) is 37.9 Å². The van der Waals surface area contributed by atoms with E-state index in [9.17, 15) is 14.0 Å². The van der Waals surface area contributed by atoms with Crippen molar-refractivity contribution in [2.24, 2.45) is 13.0 Å². The fourth-order valence-electron chi connectivity index (χ4n) is 3.73. The van der Waals surface area contributed by atoms with Gasteiger partial charge < -0.3 is 19.9 Å². The van der Waals surface area contributed by atoms with Crippen LogP contribution in [0.4, 0.5) is 4.39 Å². The Hall–Kier alpha value is -2.74. The number of ether oxygens (including phenoxy) is 1. The molecule has 156 valence electrons. The van der Waals surface area contributed by atoms with Crippen LogP contribution < -0.4 is 10.6 Å². The highest BCUT2D eigenvalue weighted by molar-refractivity contribution is 5.92. The molecule has 1 aliphatic carbocycles. The van der Waals surface area contributed by atoms with Gasteiger partial charge >= 0.3 is 0 Å². The summed E-state index contributed by atoms with van der Waals surface area (Å²) in [6.45, 7) is 0.455. The average Bonchev–Trinajstić information content (AvgIpc) is 3.14. The van der Waals surface area contributed by atoms with Crippen molar-refractivity contribution in [3.8, 4) is 0 Å². The number of carbonyl (C=O) groups excluding carboxylic acids is 2. The number of benzene rings is 1. The number of nitrogens with one attached hydrogen (secondary N) is 2. The van der Waals surface area contributed by atoms with Gasteiger partial charge in [0.25, 0.3) is 5.91 Å². The number of halogens is 1. The number of hydrogen-bond donors (Lipinski definition) is 2. The highest BCUT2D eigenvalue weighted by atomic mass is 19.1. The molecule has 8 heteroatoms. The molecule has 2 aromatic rings. The van der Waals surface area contributed by atoms with Gasteiger partial charge in [-0.15, -0.1) is 0 Å². The summed E-state index contributed by atoms with van der Waals surface area (Å²) in [4.78, 5) is 28.9. The van der Waals surface area contributed by atoms with Gasteiger partial charge in [-0.3, -0.25) is 9.59 Å². The Morgan fingerprint density at radius 2 is 2.17 bits per heavy atom. The fraction of sp³-hybridized carbons (Fsp3) is 0.476. The van der Waals surface area contributed by atoms with Gasteiger partial charge in [0.2, 0.25) is 5.91 Å². The quantitative estimate of drug-likeness (QED) is 0.740. The Morgan fingerprint density at radius 3 is 2.86 bits per heavy atom. The number of imidazole rings is 1. The first kappa shape index (κ1) is 21.0. The number of aromatic nitrogens is 2. The van der Waals surface area contributed by atoms with Gasteiger partial charge in [0.05, 0.1) is 18.5 Å². The van der Waals surface area contributed by atoms with Gasteiger partial charge in [-0.1, -0.05) is 12.1 Å². The third-order valence-corrected chi connectivity index (χ3v) is 5.32. The summed E-state index contributed by atoms with van der Waals surface area (Å²) in [6, 6.07) is 6.22. The van der Waals surface area contributed by atoms with E-state index < -0.39 is 0 Å². The first-order valence-corrected chi connectivity index (χ1v) is 9.80. The lowest BCUT2D eigenvalue weighted by Crippen LogP contribution is -2.50. The largest absolute Gasteiger partial charge is 0.379 e. The van der Waals surface area contributed by atoms with Crippen molar-refractivity contribution in [1.82, 2.24) is 20.2 Å². The van der Waals surface area contributed by atoms with Gasteiger partial charge in [0, 0.05) is 32.8 Å². The molecule has 0 spiro atoms. The van der Waals surface area contributed by atoms with Crippen LogP contribution in [0.5, 0.6) is 0 Å². The Morgan fingerprint density at radius 1 is 1.34 bits per heavy atom. The summed E-state index contributed by atoms with van der Waals surface area (Å²) in [6.07, 6.45) is 5.43. The number of aryl methyl sites for hydroxylation is 1. The van der Waals surface area contributed by atoms with Crippen LogP contribution in [-0.4, -0.2) is 47.2 Å². The molecule has 0 unspecified atom stereocenters. The third-order valence-electron chi connectivity index (χ3n) is 5.32. The van der Waals surface area contributed by atoms with Gasteiger partial charge in [-0.25, -0.2) is 9.37 Å². The molecule has 29 heavy (non-hydrogen) atoms. The zero-order valence-electron chi connectivity index (χ0n) is 16.7. The number of nitrogens with zero attached hydrogens (tertiary/aromatic N) is 2. The third kappa shape index (κ3) is 5.63. The standard InChI is InChI=1S/C21H27FN4O3/c1-26-12-18(24-13-26)21(28)25-17-7-6-15(11-19(17)29-2)20(27)23-9-8-14-4-3-5-16(22)10-14/h3-5,10,12-13,15,17,19H,6-9,11H2,1-2H3,(H,23,27)(H,25,28)/t15-,17-,19-/m0/s1. The molecule has 3 atom stereocenters. The molecule has 0 radical (unpaired) electrons. The number of amides is 2. The molecule has 1 aromatic heterocycles. The summed E-state index contributed by atoms with van der Waals surface area (Å²) in [5, 5.41) is 5.90. The Balaban J connectivity index is 1.48. The van der Waals surface area contributed by atoms with Gasteiger partial charge in [-0.05, 0) is 43.4 Å². The number of rotatable bonds is 7. The molecule has 3 rings (SSSR count). The molecular formula is C21H27FN4O3. The van der Waals surface area contributed by atoms with Crippen molar-refractivity contribution in [2.45, 2.75) is 37.8 Å². The van der Waals surface area contributed by atoms with Crippen molar-refractivity contribution in [3.63, 3.8) is 0 Å². The molecule has 0 aliphatic heterocycles. The molecule has 1 heterocycles. The van der Waals surface area contributed by atoms with E-state index in [-0.39, 0.29) is 35.7 Å². The predicted molar refractivity (Wildman–Crippen MR) is 106 cm³/mol. The Bertz CT molecular complexity index is 854. The van der Waals surface area contributed by atoms with Crippen LogP contribution in [0, 0.1) is 11.7 Å². The molecule has 1 aromatic carbocycles. The minimum Gasteiger partial charge on any atom is -0.379 e. The summed E-state index contributed by atoms with van der Waals surface area (Å²) in [5.74, 6) is -0.716. The van der Waals surface area contributed by atoms with Crippen LogP contribution >= 0.6 is 0 Å². The van der Waals surface area contributed by atoms with Crippen LogP contribution in [0.1, 0.15) is 35.3 Å². The second kappa shape index (κ2) is 9.65. The summed E-state index contributed by atoms with van der Waals surface area (Å²) in [7, 11) is 3.40. The second-order valence-electron chi connectivity index (χ2n) is 7.46. The maximum absolute atomic E-state index is 13.2. The molecular weight excluding hydrogens is 375 g/mol. The van der Waals surface area contributed by atoms with Crippen molar-refractivity contribution in [2.75, 3.05) is 13.7 Å². The molecule has 1 saturated carbocycles. The zero-order valence-corrected chi connectivity index (χ0v) is 16.7. The Kier molecular flexibility index (Phi) is 6.98. The normalized spacial score (nSPS) is 21.6. The molecule has 0 bridgehead atoms. The molecule has 2 amide bonds. The first-order valence-electron chi connectivity index (χ1n) is 9.80. The SMILES string of the molecule is CO[C@H]1C[C@@H](C(=O)NCCc2cccc(F)c2)CC[C@@H]1NC(=O)c1cn(C)cn1. The molecule has 0 saturated heterocycles. The van der Waals surface area contributed by atoms with E-state index in [2.05, 4.69) is 15.6 Å². The summed E-state index contributed by atoms with van der Waals surface area (Å²) < 4.78 is 20.5. The topological polar surface area (TPSA) is 85.3 Å². The molecule has 1 aliphatic rings.